The summed E-state index contributed by atoms with van der Waals surface area (Å²) in [5.74, 6) is 0. The van der Waals surface area contributed by atoms with Crippen molar-refractivity contribution in [2.75, 3.05) is 6.54 Å². The zero-order valence-corrected chi connectivity index (χ0v) is 7.25. The van der Waals surface area contributed by atoms with Gasteiger partial charge in [-0.2, -0.15) is 0 Å². The quantitative estimate of drug-likeness (QED) is 0.558. The van der Waals surface area contributed by atoms with E-state index in [2.05, 4.69) is 11.9 Å². The Morgan fingerprint density at radius 1 is 1.45 bits per heavy atom. The molecule has 64 valence electrons. The van der Waals surface area contributed by atoms with Crippen molar-refractivity contribution in [2.24, 2.45) is 4.99 Å². The molecule has 0 spiro atoms. The highest BCUT2D eigenvalue weighted by Crippen LogP contribution is 2.10. The van der Waals surface area contributed by atoms with Crippen LogP contribution in [0.4, 0.5) is 0 Å². The third-order valence-electron chi connectivity index (χ3n) is 2.02. The molecule has 1 aliphatic heterocycles. The van der Waals surface area contributed by atoms with Crippen LogP contribution >= 0.6 is 0 Å². The van der Waals surface area contributed by atoms with Gasteiger partial charge >= 0.3 is 0 Å². The van der Waals surface area contributed by atoms with Gasteiger partial charge in [-0.15, -0.1) is 0 Å². The second-order valence-electron chi connectivity index (χ2n) is 3.08. The molecule has 0 saturated carbocycles. The average Bonchev–Trinajstić information content (AvgIpc) is 2.50. The number of aliphatic imine (C=N–C) groups is 1. The lowest BCUT2D eigenvalue weighted by Crippen LogP contribution is -2.09. The second kappa shape index (κ2) is 5.16. The van der Waals surface area contributed by atoms with E-state index in [-0.39, 0.29) is 0 Å². The van der Waals surface area contributed by atoms with E-state index in [0.29, 0.717) is 6.10 Å². The zero-order valence-electron chi connectivity index (χ0n) is 7.25. The molecular weight excluding hydrogens is 138 g/mol. The monoisotopic (exact) mass is 155 g/mol. The molecular formula is C9H17NO. The maximum atomic E-state index is 5.24. The van der Waals surface area contributed by atoms with Crippen LogP contribution in [0.15, 0.2) is 4.99 Å². The number of ether oxygens (including phenoxy) is 1. The minimum absolute atomic E-state index is 0.395. The topological polar surface area (TPSA) is 21.6 Å². The highest BCUT2D eigenvalue weighted by atomic mass is 16.5. The third-order valence-corrected chi connectivity index (χ3v) is 2.02. The molecule has 1 heterocycles. The first-order valence-electron chi connectivity index (χ1n) is 4.57. The fraction of sp³-hybridized carbons (Fsp3) is 0.889. The van der Waals surface area contributed by atoms with Crippen LogP contribution in [0.25, 0.3) is 0 Å². The van der Waals surface area contributed by atoms with Crippen LogP contribution < -0.4 is 0 Å². The van der Waals surface area contributed by atoms with Crippen LogP contribution in [-0.4, -0.2) is 19.0 Å². The van der Waals surface area contributed by atoms with E-state index in [9.17, 15) is 0 Å². The molecule has 1 aliphatic rings. The second-order valence-corrected chi connectivity index (χ2v) is 3.08. The Hall–Kier alpha value is -0.530. The number of nitrogens with zero attached hydrogens (tertiary/aromatic N) is 1. The van der Waals surface area contributed by atoms with Gasteiger partial charge in [-0.25, -0.2) is 0 Å². The van der Waals surface area contributed by atoms with E-state index in [4.69, 9.17) is 4.74 Å². The molecule has 0 amide bonds. The number of hydrogen-bond acceptors (Lipinski definition) is 2. The van der Waals surface area contributed by atoms with Gasteiger partial charge in [0.2, 0.25) is 0 Å². The summed E-state index contributed by atoms with van der Waals surface area (Å²) in [6.07, 6.45) is 8.46. The third kappa shape index (κ3) is 3.40. The van der Waals surface area contributed by atoms with Crippen LogP contribution in [0.5, 0.6) is 0 Å². The number of hydrogen-bond donors (Lipinski definition) is 0. The predicted octanol–water partition coefficient (Wildman–Crippen LogP) is 2.38. The summed E-state index contributed by atoms with van der Waals surface area (Å²) in [5.41, 5.74) is 0. The van der Waals surface area contributed by atoms with Crippen LogP contribution in [-0.2, 0) is 4.74 Å². The van der Waals surface area contributed by atoms with Crippen LogP contribution in [0, 0.1) is 0 Å². The lowest BCUT2D eigenvalue weighted by atomic mass is 10.1. The largest absolute Gasteiger partial charge is 0.478 e. The molecule has 0 aromatic heterocycles. The molecule has 2 nitrogen and oxygen atoms in total. The molecule has 0 saturated heterocycles. The van der Waals surface area contributed by atoms with Gasteiger partial charge in [-0.05, 0) is 12.8 Å². The molecule has 1 rings (SSSR count). The summed E-state index contributed by atoms with van der Waals surface area (Å²) in [5, 5.41) is 0. The molecule has 11 heavy (non-hydrogen) atoms. The van der Waals surface area contributed by atoms with E-state index in [1.807, 2.05) is 0 Å². The standard InChI is InChI=1S/C9H17NO/c1-2-3-4-5-6-9-7-10-8-11-9/h8-9H,2-7H2,1H3. The summed E-state index contributed by atoms with van der Waals surface area (Å²) >= 11 is 0. The minimum atomic E-state index is 0.395. The summed E-state index contributed by atoms with van der Waals surface area (Å²) in [7, 11) is 0. The Labute approximate surface area is 68.7 Å². The molecule has 0 bridgehead atoms. The Morgan fingerprint density at radius 2 is 2.36 bits per heavy atom. The normalized spacial score (nSPS) is 22.1. The molecule has 1 atom stereocenters. The van der Waals surface area contributed by atoms with Gasteiger partial charge in [0.05, 0.1) is 6.54 Å². The van der Waals surface area contributed by atoms with E-state index in [0.717, 1.165) is 6.54 Å². The first-order valence-corrected chi connectivity index (χ1v) is 4.57. The van der Waals surface area contributed by atoms with Crippen molar-refractivity contribution >= 4 is 6.40 Å². The van der Waals surface area contributed by atoms with Gasteiger partial charge in [0.25, 0.3) is 0 Å². The van der Waals surface area contributed by atoms with E-state index < -0.39 is 0 Å². The smallest absolute Gasteiger partial charge is 0.170 e. The predicted molar refractivity (Wildman–Crippen MR) is 47.0 cm³/mol. The van der Waals surface area contributed by atoms with Crippen molar-refractivity contribution in [3.63, 3.8) is 0 Å². The Kier molecular flexibility index (Phi) is 4.02. The molecule has 0 radical (unpaired) electrons. The van der Waals surface area contributed by atoms with E-state index >= 15 is 0 Å². The molecule has 0 fully saturated rings. The molecule has 1 unspecified atom stereocenters. The lowest BCUT2D eigenvalue weighted by Gasteiger charge is -2.06. The number of unbranched alkanes of at least 4 members (excludes halogenated alkanes) is 3. The fourth-order valence-electron chi connectivity index (χ4n) is 1.29. The van der Waals surface area contributed by atoms with Gasteiger partial charge in [-0.3, -0.25) is 4.99 Å². The van der Waals surface area contributed by atoms with Crippen molar-refractivity contribution in [1.29, 1.82) is 0 Å². The van der Waals surface area contributed by atoms with Crippen LogP contribution in [0.1, 0.15) is 39.0 Å². The summed E-state index contributed by atoms with van der Waals surface area (Å²) in [6.45, 7) is 3.11. The summed E-state index contributed by atoms with van der Waals surface area (Å²) in [4.78, 5) is 4.02. The lowest BCUT2D eigenvalue weighted by molar-refractivity contribution is 0.217. The first kappa shape index (κ1) is 8.57. The van der Waals surface area contributed by atoms with Gasteiger partial charge in [0, 0.05) is 0 Å². The van der Waals surface area contributed by atoms with Crippen molar-refractivity contribution in [1.82, 2.24) is 0 Å². The maximum absolute atomic E-state index is 5.24. The molecule has 0 aromatic rings. The van der Waals surface area contributed by atoms with Gasteiger partial charge in [0.1, 0.15) is 6.10 Å². The van der Waals surface area contributed by atoms with Crippen LogP contribution in [0.3, 0.4) is 0 Å². The fourth-order valence-corrected chi connectivity index (χ4v) is 1.29. The Bertz CT molecular complexity index is 115. The van der Waals surface area contributed by atoms with E-state index in [1.165, 1.54) is 32.1 Å². The van der Waals surface area contributed by atoms with Crippen molar-refractivity contribution in [2.45, 2.75) is 45.1 Å². The zero-order chi connectivity index (χ0) is 7.94. The van der Waals surface area contributed by atoms with Crippen LogP contribution in [0.2, 0.25) is 0 Å². The molecule has 2 heteroatoms. The van der Waals surface area contributed by atoms with Crippen molar-refractivity contribution in [3.05, 3.63) is 0 Å². The Morgan fingerprint density at radius 3 is 3.00 bits per heavy atom. The average molecular weight is 155 g/mol. The number of rotatable bonds is 5. The Balaban J connectivity index is 1.87. The minimum Gasteiger partial charge on any atom is -0.478 e. The summed E-state index contributed by atoms with van der Waals surface area (Å²) < 4.78 is 5.24. The van der Waals surface area contributed by atoms with Crippen molar-refractivity contribution < 1.29 is 4.74 Å². The molecule has 0 aromatic carbocycles. The van der Waals surface area contributed by atoms with Gasteiger partial charge in [-0.1, -0.05) is 26.2 Å². The highest BCUT2D eigenvalue weighted by Gasteiger charge is 2.10. The highest BCUT2D eigenvalue weighted by molar-refractivity contribution is 5.48. The van der Waals surface area contributed by atoms with Gasteiger partial charge < -0.3 is 4.74 Å². The van der Waals surface area contributed by atoms with E-state index in [1.54, 1.807) is 6.40 Å². The molecule has 0 aliphatic carbocycles. The SMILES string of the molecule is CCCCCCC1CN=CO1. The van der Waals surface area contributed by atoms with Crippen molar-refractivity contribution in [3.8, 4) is 0 Å². The maximum Gasteiger partial charge on any atom is 0.170 e. The molecule has 0 N–H and O–H groups in total. The summed E-state index contributed by atoms with van der Waals surface area (Å²) in [6, 6.07) is 0. The van der Waals surface area contributed by atoms with Gasteiger partial charge in [0.15, 0.2) is 6.40 Å². The first-order chi connectivity index (χ1) is 5.43.